The zero-order chi connectivity index (χ0) is 16.4. The average molecular weight is 357 g/mol. The standard InChI is InChI=1S/C16H18F2N4O.ClH/c1-22-9-12(8-21-22)13-5-3-2-4-11(13)7-19-15(23)14-6-16(17,18)10-20-14;/h2-5,8-9,14,20H,6-7,10H2,1H3,(H,19,23);1H. The molecule has 1 aromatic heterocycles. The minimum atomic E-state index is -2.81. The fourth-order valence-electron chi connectivity index (χ4n) is 2.72. The number of carbonyl (C=O) groups excluding carboxylic acids is 1. The number of rotatable bonds is 4. The molecule has 1 fully saturated rings. The summed E-state index contributed by atoms with van der Waals surface area (Å²) < 4.78 is 28.0. The number of nitrogens with one attached hydrogen (secondary N) is 2. The van der Waals surface area contributed by atoms with E-state index in [0.29, 0.717) is 0 Å². The summed E-state index contributed by atoms with van der Waals surface area (Å²) in [5, 5.41) is 9.44. The fourth-order valence-corrected chi connectivity index (χ4v) is 2.72. The summed E-state index contributed by atoms with van der Waals surface area (Å²) in [4.78, 5) is 12.0. The Labute approximate surface area is 144 Å². The number of benzene rings is 1. The third kappa shape index (κ3) is 4.10. The average Bonchev–Trinajstić information content (AvgIpc) is 3.10. The van der Waals surface area contributed by atoms with Crippen molar-refractivity contribution < 1.29 is 13.6 Å². The highest BCUT2D eigenvalue weighted by molar-refractivity contribution is 5.85. The lowest BCUT2D eigenvalue weighted by molar-refractivity contribution is -0.123. The molecule has 1 amide bonds. The van der Waals surface area contributed by atoms with Crippen molar-refractivity contribution in [2.24, 2.45) is 7.05 Å². The Hall–Kier alpha value is -1.99. The molecule has 1 aliphatic heterocycles. The zero-order valence-electron chi connectivity index (χ0n) is 13.1. The number of halogens is 3. The van der Waals surface area contributed by atoms with Crippen LogP contribution in [-0.4, -0.2) is 34.2 Å². The molecule has 8 heteroatoms. The van der Waals surface area contributed by atoms with E-state index in [-0.39, 0.29) is 19.0 Å². The molecule has 3 rings (SSSR count). The van der Waals surface area contributed by atoms with E-state index in [1.165, 1.54) is 0 Å². The molecule has 1 unspecified atom stereocenters. The second-order valence-corrected chi connectivity index (χ2v) is 5.77. The minimum absolute atomic E-state index is 0. The van der Waals surface area contributed by atoms with Gasteiger partial charge in [0.05, 0.1) is 18.8 Å². The van der Waals surface area contributed by atoms with Gasteiger partial charge >= 0.3 is 0 Å². The number of aromatic nitrogens is 2. The predicted octanol–water partition coefficient (Wildman–Crippen LogP) is 2.12. The van der Waals surface area contributed by atoms with Gasteiger partial charge in [0.25, 0.3) is 5.92 Å². The molecule has 130 valence electrons. The number of hydrogen-bond donors (Lipinski definition) is 2. The highest BCUT2D eigenvalue weighted by Crippen LogP contribution is 2.26. The van der Waals surface area contributed by atoms with Crippen LogP contribution >= 0.6 is 12.4 Å². The third-order valence-corrected chi connectivity index (χ3v) is 3.91. The molecule has 2 heterocycles. The molecule has 0 saturated carbocycles. The van der Waals surface area contributed by atoms with Gasteiger partial charge in [-0.2, -0.15) is 5.10 Å². The van der Waals surface area contributed by atoms with E-state index in [1.54, 1.807) is 10.9 Å². The van der Waals surface area contributed by atoms with Crippen LogP contribution in [0.1, 0.15) is 12.0 Å². The molecule has 0 bridgehead atoms. The molecule has 1 aromatic carbocycles. The third-order valence-electron chi connectivity index (χ3n) is 3.91. The second-order valence-electron chi connectivity index (χ2n) is 5.77. The first-order valence-electron chi connectivity index (χ1n) is 7.40. The van der Waals surface area contributed by atoms with Crippen LogP contribution in [0.25, 0.3) is 11.1 Å². The van der Waals surface area contributed by atoms with Crippen LogP contribution in [0, 0.1) is 0 Å². The molecule has 24 heavy (non-hydrogen) atoms. The smallest absolute Gasteiger partial charge is 0.262 e. The first-order chi connectivity index (χ1) is 10.9. The Bertz CT molecular complexity index is 720. The monoisotopic (exact) mass is 356 g/mol. The molecule has 0 aliphatic carbocycles. The maximum absolute atomic E-state index is 13.2. The van der Waals surface area contributed by atoms with E-state index < -0.39 is 30.8 Å². The number of nitrogens with zero attached hydrogens (tertiary/aromatic N) is 2. The molecule has 0 radical (unpaired) electrons. The molecule has 2 N–H and O–H groups in total. The number of aryl methyl sites for hydroxylation is 1. The SMILES string of the molecule is Cl.Cn1cc(-c2ccccc2CNC(=O)C2CC(F)(F)CN2)cn1. The molecule has 0 spiro atoms. The van der Waals surface area contributed by atoms with Crippen molar-refractivity contribution in [3.05, 3.63) is 42.2 Å². The Morgan fingerprint density at radius 1 is 1.46 bits per heavy atom. The van der Waals surface area contributed by atoms with Gasteiger partial charge in [0, 0.05) is 31.8 Å². The number of alkyl halides is 2. The van der Waals surface area contributed by atoms with Crippen LogP contribution in [0.4, 0.5) is 8.78 Å². The molecule has 2 aromatic rings. The van der Waals surface area contributed by atoms with Crippen LogP contribution in [0.5, 0.6) is 0 Å². The summed E-state index contributed by atoms with van der Waals surface area (Å²) in [6.45, 7) is -0.162. The zero-order valence-corrected chi connectivity index (χ0v) is 13.9. The summed E-state index contributed by atoms with van der Waals surface area (Å²) in [6, 6.07) is 6.80. The lowest BCUT2D eigenvalue weighted by Crippen LogP contribution is -2.40. The summed E-state index contributed by atoms with van der Waals surface area (Å²) >= 11 is 0. The number of hydrogen-bond acceptors (Lipinski definition) is 3. The lowest BCUT2D eigenvalue weighted by atomic mass is 10.0. The highest BCUT2D eigenvalue weighted by atomic mass is 35.5. The quantitative estimate of drug-likeness (QED) is 0.882. The number of amides is 1. The van der Waals surface area contributed by atoms with Gasteiger partial charge in [0.1, 0.15) is 0 Å². The normalized spacial score (nSPS) is 18.9. The molecule has 1 aliphatic rings. The molecular formula is C16H19ClF2N4O. The van der Waals surface area contributed by atoms with Gasteiger partial charge in [-0.1, -0.05) is 24.3 Å². The van der Waals surface area contributed by atoms with Crippen LogP contribution in [0.2, 0.25) is 0 Å². The van der Waals surface area contributed by atoms with Gasteiger partial charge in [-0.3, -0.25) is 14.8 Å². The van der Waals surface area contributed by atoms with Gasteiger partial charge < -0.3 is 5.32 Å². The second kappa shape index (κ2) is 7.27. The summed E-state index contributed by atoms with van der Waals surface area (Å²) in [5.74, 6) is -3.21. The molecule has 1 atom stereocenters. The van der Waals surface area contributed by atoms with E-state index in [9.17, 15) is 13.6 Å². The van der Waals surface area contributed by atoms with Crippen LogP contribution in [0.15, 0.2) is 36.7 Å². The van der Waals surface area contributed by atoms with Crippen molar-refractivity contribution in [2.75, 3.05) is 6.54 Å². The van der Waals surface area contributed by atoms with Gasteiger partial charge in [0.15, 0.2) is 0 Å². The molecular weight excluding hydrogens is 338 g/mol. The fraction of sp³-hybridized carbons (Fsp3) is 0.375. The van der Waals surface area contributed by atoms with E-state index >= 15 is 0 Å². The first kappa shape index (κ1) is 18.4. The van der Waals surface area contributed by atoms with Crippen molar-refractivity contribution in [1.29, 1.82) is 0 Å². The minimum Gasteiger partial charge on any atom is -0.351 e. The van der Waals surface area contributed by atoms with Gasteiger partial charge in [0.2, 0.25) is 5.91 Å². The Morgan fingerprint density at radius 3 is 2.83 bits per heavy atom. The van der Waals surface area contributed by atoms with Crippen molar-refractivity contribution >= 4 is 18.3 Å². The van der Waals surface area contributed by atoms with Gasteiger partial charge in [-0.25, -0.2) is 8.78 Å². The summed E-state index contributed by atoms with van der Waals surface area (Å²) in [7, 11) is 1.83. The van der Waals surface area contributed by atoms with Crippen LogP contribution < -0.4 is 10.6 Å². The molecule has 5 nitrogen and oxygen atoms in total. The van der Waals surface area contributed by atoms with Gasteiger partial charge in [-0.15, -0.1) is 12.4 Å². The van der Waals surface area contributed by atoms with Crippen molar-refractivity contribution in [3.63, 3.8) is 0 Å². The first-order valence-corrected chi connectivity index (χ1v) is 7.40. The maximum atomic E-state index is 13.2. The van der Waals surface area contributed by atoms with Crippen LogP contribution in [-0.2, 0) is 18.4 Å². The largest absolute Gasteiger partial charge is 0.351 e. The van der Waals surface area contributed by atoms with Crippen molar-refractivity contribution in [3.8, 4) is 11.1 Å². The topological polar surface area (TPSA) is 59.0 Å². The highest BCUT2D eigenvalue weighted by Gasteiger charge is 2.42. The summed E-state index contributed by atoms with van der Waals surface area (Å²) in [6.07, 6.45) is 3.18. The Morgan fingerprint density at radius 2 is 2.21 bits per heavy atom. The predicted molar refractivity (Wildman–Crippen MR) is 89.1 cm³/mol. The van der Waals surface area contributed by atoms with Gasteiger partial charge in [-0.05, 0) is 11.1 Å². The maximum Gasteiger partial charge on any atom is 0.262 e. The van der Waals surface area contributed by atoms with Crippen molar-refractivity contribution in [1.82, 2.24) is 20.4 Å². The Balaban J connectivity index is 0.00000208. The summed E-state index contributed by atoms with van der Waals surface area (Å²) in [5.41, 5.74) is 2.83. The van der Waals surface area contributed by atoms with Crippen LogP contribution in [0.3, 0.4) is 0 Å². The van der Waals surface area contributed by atoms with E-state index in [4.69, 9.17) is 0 Å². The molecule has 1 saturated heterocycles. The van der Waals surface area contributed by atoms with E-state index in [0.717, 1.165) is 16.7 Å². The number of carbonyl (C=O) groups is 1. The lowest BCUT2D eigenvalue weighted by Gasteiger charge is -2.13. The van der Waals surface area contributed by atoms with Crippen molar-refractivity contribution in [2.45, 2.75) is 24.9 Å². The van der Waals surface area contributed by atoms with E-state index in [1.807, 2.05) is 37.5 Å². The Kier molecular flexibility index (Phi) is 5.56. The van der Waals surface area contributed by atoms with E-state index in [2.05, 4.69) is 15.7 Å².